The van der Waals surface area contributed by atoms with E-state index in [-0.39, 0.29) is 24.2 Å². The standard InChI is InChI=1S/C26H23FN2O2S/c27-21-12-13-23-24(16-21)32-26(28-23)29(17-22-7-4-14-31-22)25(30)15-18-8-10-20(11-9-18)19-5-2-1-3-6-19/h1-3,5-6,8-13,16,22H,4,7,14-15,17H2. The van der Waals surface area contributed by atoms with E-state index in [4.69, 9.17) is 4.74 Å². The van der Waals surface area contributed by atoms with Crippen LogP contribution in [0.1, 0.15) is 18.4 Å². The molecular weight excluding hydrogens is 423 g/mol. The highest BCUT2D eigenvalue weighted by atomic mass is 32.1. The SMILES string of the molecule is O=C(Cc1ccc(-c2ccccc2)cc1)N(CC1CCCO1)c1nc2ccc(F)cc2s1. The minimum Gasteiger partial charge on any atom is -0.376 e. The number of rotatable bonds is 6. The first-order valence-electron chi connectivity index (χ1n) is 10.8. The molecule has 1 atom stereocenters. The molecule has 1 fully saturated rings. The third kappa shape index (κ3) is 4.56. The van der Waals surface area contributed by atoms with Crippen molar-refractivity contribution in [1.29, 1.82) is 0 Å². The van der Waals surface area contributed by atoms with Gasteiger partial charge in [-0.25, -0.2) is 9.37 Å². The van der Waals surface area contributed by atoms with E-state index in [1.54, 1.807) is 11.0 Å². The van der Waals surface area contributed by atoms with Crippen LogP contribution in [-0.2, 0) is 16.0 Å². The fraction of sp³-hybridized carbons (Fsp3) is 0.231. The van der Waals surface area contributed by atoms with Crippen LogP contribution in [0.15, 0.2) is 72.8 Å². The predicted octanol–water partition coefficient (Wildman–Crippen LogP) is 5.86. The number of halogens is 1. The summed E-state index contributed by atoms with van der Waals surface area (Å²) in [5, 5.41) is 0.590. The molecule has 1 aromatic heterocycles. The number of thiazole rings is 1. The summed E-state index contributed by atoms with van der Waals surface area (Å²) in [7, 11) is 0. The van der Waals surface area contributed by atoms with Crippen LogP contribution in [0.3, 0.4) is 0 Å². The quantitative estimate of drug-likeness (QED) is 0.373. The molecule has 1 saturated heterocycles. The van der Waals surface area contributed by atoms with Crippen LogP contribution in [0.2, 0.25) is 0 Å². The van der Waals surface area contributed by atoms with Gasteiger partial charge in [0.1, 0.15) is 5.82 Å². The molecule has 6 heteroatoms. The van der Waals surface area contributed by atoms with Gasteiger partial charge in [-0.1, -0.05) is 65.9 Å². The van der Waals surface area contributed by atoms with Crippen molar-refractivity contribution in [2.24, 2.45) is 0 Å². The third-order valence-corrected chi connectivity index (χ3v) is 6.74. The highest BCUT2D eigenvalue weighted by molar-refractivity contribution is 7.22. The summed E-state index contributed by atoms with van der Waals surface area (Å²) < 4.78 is 20.2. The maximum atomic E-state index is 13.7. The first kappa shape index (κ1) is 20.8. The van der Waals surface area contributed by atoms with Gasteiger partial charge < -0.3 is 4.74 Å². The average Bonchev–Trinajstić information content (AvgIpc) is 3.48. The summed E-state index contributed by atoms with van der Waals surface area (Å²) in [5.74, 6) is -0.337. The Morgan fingerprint density at radius 3 is 2.59 bits per heavy atom. The highest BCUT2D eigenvalue weighted by Crippen LogP contribution is 2.31. The van der Waals surface area contributed by atoms with E-state index in [2.05, 4.69) is 17.1 Å². The summed E-state index contributed by atoms with van der Waals surface area (Å²) in [6.45, 7) is 1.18. The Kier molecular flexibility index (Phi) is 5.97. The van der Waals surface area contributed by atoms with Crippen molar-refractivity contribution in [3.8, 4) is 11.1 Å². The van der Waals surface area contributed by atoms with Gasteiger partial charge in [-0.05, 0) is 47.7 Å². The number of aromatic nitrogens is 1. The van der Waals surface area contributed by atoms with E-state index in [1.807, 2.05) is 42.5 Å². The Hall–Kier alpha value is -3.09. The molecule has 0 bridgehead atoms. The van der Waals surface area contributed by atoms with Crippen molar-refractivity contribution in [1.82, 2.24) is 4.98 Å². The second kappa shape index (κ2) is 9.18. The molecule has 1 aliphatic heterocycles. The molecule has 162 valence electrons. The summed E-state index contributed by atoms with van der Waals surface area (Å²) in [4.78, 5) is 19.7. The predicted molar refractivity (Wildman–Crippen MR) is 126 cm³/mol. The van der Waals surface area contributed by atoms with Crippen LogP contribution in [-0.4, -0.2) is 30.1 Å². The molecule has 0 N–H and O–H groups in total. The number of hydrogen-bond donors (Lipinski definition) is 0. The van der Waals surface area contributed by atoms with E-state index in [0.717, 1.165) is 40.8 Å². The molecule has 4 aromatic rings. The highest BCUT2D eigenvalue weighted by Gasteiger charge is 2.26. The normalized spacial score (nSPS) is 15.8. The van der Waals surface area contributed by atoms with Crippen molar-refractivity contribution in [2.75, 3.05) is 18.1 Å². The second-order valence-corrected chi connectivity index (χ2v) is 9.00. The Bertz CT molecular complexity index is 1220. The number of anilines is 1. The number of fused-ring (bicyclic) bond motifs is 1. The van der Waals surface area contributed by atoms with Crippen LogP contribution in [0, 0.1) is 5.82 Å². The van der Waals surface area contributed by atoms with Gasteiger partial charge >= 0.3 is 0 Å². The zero-order chi connectivity index (χ0) is 21.9. The molecule has 5 rings (SSSR count). The Balaban J connectivity index is 1.38. The Morgan fingerprint density at radius 1 is 1.06 bits per heavy atom. The van der Waals surface area contributed by atoms with Crippen molar-refractivity contribution in [3.63, 3.8) is 0 Å². The fourth-order valence-electron chi connectivity index (χ4n) is 4.00. The number of carbonyl (C=O) groups is 1. The molecule has 1 unspecified atom stereocenters. The van der Waals surface area contributed by atoms with Crippen LogP contribution in [0.5, 0.6) is 0 Å². The lowest BCUT2D eigenvalue weighted by Crippen LogP contribution is -2.38. The van der Waals surface area contributed by atoms with Gasteiger partial charge in [0, 0.05) is 6.61 Å². The molecule has 1 amide bonds. The van der Waals surface area contributed by atoms with Crippen LogP contribution < -0.4 is 4.90 Å². The third-order valence-electron chi connectivity index (χ3n) is 5.70. The first-order chi connectivity index (χ1) is 15.7. The van der Waals surface area contributed by atoms with E-state index in [0.29, 0.717) is 17.2 Å². The minimum atomic E-state index is -0.303. The number of carbonyl (C=O) groups excluding carboxylic acids is 1. The lowest BCUT2D eigenvalue weighted by atomic mass is 10.0. The van der Waals surface area contributed by atoms with Crippen molar-refractivity contribution in [3.05, 3.63) is 84.2 Å². The lowest BCUT2D eigenvalue weighted by molar-refractivity contribution is -0.118. The summed E-state index contributed by atoms with van der Waals surface area (Å²) in [6, 6.07) is 22.8. The Morgan fingerprint density at radius 2 is 1.84 bits per heavy atom. The van der Waals surface area contributed by atoms with Gasteiger partial charge in [-0.15, -0.1) is 0 Å². The molecule has 2 heterocycles. The van der Waals surface area contributed by atoms with Gasteiger partial charge in [0.25, 0.3) is 0 Å². The smallest absolute Gasteiger partial charge is 0.233 e. The van der Waals surface area contributed by atoms with Crippen molar-refractivity contribution >= 4 is 32.6 Å². The summed E-state index contributed by atoms with van der Waals surface area (Å²) in [5.41, 5.74) is 3.90. The zero-order valence-corrected chi connectivity index (χ0v) is 18.4. The average molecular weight is 447 g/mol. The monoisotopic (exact) mass is 446 g/mol. The second-order valence-electron chi connectivity index (χ2n) is 7.99. The van der Waals surface area contributed by atoms with E-state index in [1.165, 1.54) is 23.5 Å². The van der Waals surface area contributed by atoms with Gasteiger partial charge in [0.05, 0.1) is 29.3 Å². The van der Waals surface area contributed by atoms with Crippen LogP contribution >= 0.6 is 11.3 Å². The van der Waals surface area contributed by atoms with Gasteiger partial charge in [-0.3, -0.25) is 9.69 Å². The van der Waals surface area contributed by atoms with E-state index < -0.39 is 0 Å². The number of benzene rings is 3. The summed E-state index contributed by atoms with van der Waals surface area (Å²) >= 11 is 1.34. The molecule has 1 aliphatic rings. The molecule has 0 spiro atoms. The minimum absolute atomic E-state index is 0.00292. The largest absolute Gasteiger partial charge is 0.376 e. The number of hydrogen-bond acceptors (Lipinski definition) is 4. The molecule has 0 saturated carbocycles. The fourth-order valence-corrected chi connectivity index (χ4v) is 5.01. The van der Waals surface area contributed by atoms with E-state index in [9.17, 15) is 9.18 Å². The Labute approximate surface area is 190 Å². The maximum Gasteiger partial charge on any atom is 0.233 e. The van der Waals surface area contributed by atoms with Crippen LogP contribution in [0.25, 0.3) is 21.3 Å². The van der Waals surface area contributed by atoms with Crippen molar-refractivity contribution < 1.29 is 13.9 Å². The molecule has 0 radical (unpaired) electrons. The summed E-state index contributed by atoms with van der Waals surface area (Å²) in [6.07, 6.45) is 2.20. The maximum absolute atomic E-state index is 13.7. The zero-order valence-electron chi connectivity index (χ0n) is 17.5. The van der Waals surface area contributed by atoms with Crippen molar-refractivity contribution in [2.45, 2.75) is 25.4 Å². The topological polar surface area (TPSA) is 42.4 Å². The molecule has 3 aromatic carbocycles. The first-order valence-corrected chi connectivity index (χ1v) is 11.6. The molecule has 32 heavy (non-hydrogen) atoms. The van der Waals surface area contributed by atoms with E-state index >= 15 is 0 Å². The number of nitrogens with zero attached hydrogens (tertiary/aromatic N) is 2. The molecule has 4 nitrogen and oxygen atoms in total. The number of ether oxygens (including phenoxy) is 1. The lowest BCUT2D eigenvalue weighted by Gasteiger charge is -2.23. The van der Waals surface area contributed by atoms with Crippen LogP contribution in [0.4, 0.5) is 9.52 Å². The molecular formula is C26H23FN2O2S. The van der Waals surface area contributed by atoms with Gasteiger partial charge in [0.15, 0.2) is 5.13 Å². The van der Waals surface area contributed by atoms with Gasteiger partial charge in [-0.2, -0.15) is 0 Å². The molecule has 0 aliphatic carbocycles. The van der Waals surface area contributed by atoms with Gasteiger partial charge in [0.2, 0.25) is 5.91 Å². The number of amides is 1.